The Morgan fingerprint density at radius 1 is 1.16 bits per heavy atom. The predicted molar refractivity (Wildman–Crippen MR) is 98.8 cm³/mol. The van der Waals surface area contributed by atoms with Gasteiger partial charge in [0.25, 0.3) is 10.0 Å². The van der Waals surface area contributed by atoms with Crippen molar-refractivity contribution in [3.63, 3.8) is 0 Å². The Balaban J connectivity index is 1.86. The van der Waals surface area contributed by atoms with E-state index in [1.807, 2.05) is 31.2 Å². The zero-order valence-corrected chi connectivity index (χ0v) is 14.8. The third kappa shape index (κ3) is 3.86. The van der Waals surface area contributed by atoms with E-state index in [1.165, 1.54) is 0 Å². The fourth-order valence-corrected chi connectivity index (χ4v) is 4.12. The predicted octanol–water partition coefficient (Wildman–Crippen LogP) is 3.31. The quantitative estimate of drug-likeness (QED) is 0.830. The average Bonchev–Trinajstić information content (AvgIpc) is 2.62. The lowest BCUT2D eigenvalue weighted by molar-refractivity contribution is 0.267. The molecule has 0 saturated heterocycles. The second kappa shape index (κ2) is 7.29. The van der Waals surface area contributed by atoms with Gasteiger partial charge < -0.3 is 9.84 Å². The van der Waals surface area contributed by atoms with Crippen LogP contribution in [0.15, 0.2) is 47.4 Å². The summed E-state index contributed by atoms with van der Waals surface area (Å²) in [6.07, 6.45) is 2.90. The van der Waals surface area contributed by atoms with Crippen LogP contribution in [0.5, 0.6) is 5.75 Å². The maximum Gasteiger partial charge on any atom is 0.258 e. The first kappa shape index (κ1) is 17.5. The van der Waals surface area contributed by atoms with Gasteiger partial charge in [0.2, 0.25) is 0 Å². The molecule has 0 unspecified atom stereocenters. The van der Waals surface area contributed by atoms with E-state index in [9.17, 15) is 13.5 Å². The van der Waals surface area contributed by atoms with Crippen LogP contribution in [0.3, 0.4) is 0 Å². The molecule has 2 aromatic rings. The van der Waals surface area contributed by atoms with Crippen molar-refractivity contribution in [2.45, 2.75) is 26.4 Å². The molecule has 0 heterocycles. The van der Waals surface area contributed by atoms with Crippen molar-refractivity contribution in [3.8, 4) is 5.75 Å². The van der Waals surface area contributed by atoms with Crippen LogP contribution in [-0.2, 0) is 23.1 Å². The molecule has 3 rings (SSSR count). The lowest BCUT2D eigenvalue weighted by atomic mass is 9.98. The number of hydrogen-bond donors (Lipinski definition) is 2. The highest BCUT2D eigenvalue weighted by Crippen LogP contribution is 2.29. The van der Waals surface area contributed by atoms with Gasteiger partial charge >= 0.3 is 0 Å². The summed E-state index contributed by atoms with van der Waals surface area (Å²) in [5.41, 5.74) is 3.05. The standard InChI is InChI=1S/C19H21NO4S/c1-2-24-19-10-8-17(11-16(19)13-21)20-25(22,23)18-9-7-14-5-3-4-6-15(14)12-18/h3-6,8,10-12,20-21H,2,7,9,13H2,1H3. The Morgan fingerprint density at radius 3 is 2.72 bits per heavy atom. The normalized spacial score (nSPS) is 13.8. The van der Waals surface area contributed by atoms with Crippen LogP contribution >= 0.6 is 0 Å². The van der Waals surface area contributed by atoms with Crippen molar-refractivity contribution in [1.29, 1.82) is 0 Å². The van der Waals surface area contributed by atoms with Crippen molar-refractivity contribution >= 4 is 21.8 Å². The molecule has 1 aliphatic carbocycles. The van der Waals surface area contributed by atoms with Gasteiger partial charge in [-0.1, -0.05) is 24.3 Å². The molecule has 0 spiro atoms. The van der Waals surface area contributed by atoms with E-state index in [4.69, 9.17) is 4.74 Å². The summed E-state index contributed by atoms with van der Waals surface area (Å²) in [4.78, 5) is 0.366. The number of ether oxygens (including phenoxy) is 1. The number of allylic oxidation sites excluding steroid dienone is 1. The largest absolute Gasteiger partial charge is 0.494 e. The summed E-state index contributed by atoms with van der Waals surface area (Å²) >= 11 is 0. The van der Waals surface area contributed by atoms with Crippen LogP contribution in [0.4, 0.5) is 5.69 Å². The Bertz CT molecular complexity index is 903. The number of aliphatic hydroxyl groups excluding tert-OH is 1. The molecule has 0 saturated carbocycles. The lowest BCUT2D eigenvalue weighted by Gasteiger charge is -2.18. The Kier molecular flexibility index (Phi) is 5.11. The SMILES string of the molecule is CCOc1ccc(NS(=O)(=O)C2=Cc3ccccc3CC2)cc1CO. The Hall–Kier alpha value is -2.31. The average molecular weight is 359 g/mol. The van der Waals surface area contributed by atoms with E-state index >= 15 is 0 Å². The first-order valence-corrected chi connectivity index (χ1v) is 9.69. The molecule has 6 heteroatoms. The van der Waals surface area contributed by atoms with Crippen molar-refractivity contribution < 1.29 is 18.3 Å². The van der Waals surface area contributed by atoms with E-state index < -0.39 is 10.0 Å². The van der Waals surface area contributed by atoms with Crippen molar-refractivity contribution in [3.05, 3.63) is 64.1 Å². The molecule has 0 radical (unpaired) electrons. The summed E-state index contributed by atoms with van der Waals surface area (Å²) in [7, 11) is -3.64. The molecule has 0 aromatic heterocycles. The minimum absolute atomic E-state index is 0.221. The van der Waals surface area contributed by atoms with Crippen molar-refractivity contribution in [2.75, 3.05) is 11.3 Å². The molecule has 2 aromatic carbocycles. The second-order valence-corrected chi connectivity index (χ2v) is 7.56. The molecule has 1 aliphatic rings. The fraction of sp³-hybridized carbons (Fsp3) is 0.263. The van der Waals surface area contributed by atoms with Gasteiger partial charge in [0, 0.05) is 11.3 Å². The van der Waals surface area contributed by atoms with E-state index in [-0.39, 0.29) is 6.61 Å². The number of aryl methyl sites for hydroxylation is 1. The zero-order valence-electron chi connectivity index (χ0n) is 14.0. The number of fused-ring (bicyclic) bond motifs is 1. The van der Waals surface area contributed by atoms with E-state index in [0.29, 0.717) is 41.4 Å². The maximum atomic E-state index is 12.7. The Labute approximate surface area is 148 Å². The number of sulfonamides is 1. The molecule has 0 bridgehead atoms. The van der Waals surface area contributed by atoms with Crippen molar-refractivity contribution in [1.82, 2.24) is 0 Å². The molecule has 2 N–H and O–H groups in total. The van der Waals surface area contributed by atoms with Crippen LogP contribution in [0.2, 0.25) is 0 Å². The summed E-state index contributed by atoms with van der Waals surface area (Å²) < 4.78 is 33.4. The Morgan fingerprint density at radius 2 is 1.96 bits per heavy atom. The van der Waals surface area contributed by atoms with Gasteiger partial charge in [0.1, 0.15) is 5.75 Å². The molecule has 0 aliphatic heterocycles. The second-order valence-electron chi connectivity index (χ2n) is 5.83. The molecule has 0 amide bonds. The molecule has 5 nitrogen and oxygen atoms in total. The highest BCUT2D eigenvalue weighted by molar-refractivity contribution is 7.96. The van der Waals surface area contributed by atoms with Gasteiger partial charge in [-0.3, -0.25) is 4.72 Å². The summed E-state index contributed by atoms with van der Waals surface area (Å²) in [5, 5.41) is 9.46. The highest BCUT2D eigenvalue weighted by atomic mass is 32.2. The molecule has 0 atom stereocenters. The minimum atomic E-state index is -3.64. The lowest BCUT2D eigenvalue weighted by Crippen LogP contribution is -2.17. The third-order valence-corrected chi connectivity index (χ3v) is 5.66. The van der Waals surface area contributed by atoms with Crippen LogP contribution < -0.4 is 9.46 Å². The number of benzene rings is 2. The number of rotatable bonds is 6. The van der Waals surface area contributed by atoms with Crippen molar-refractivity contribution in [2.24, 2.45) is 0 Å². The van der Waals surface area contributed by atoms with Gasteiger partial charge in [-0.15, -0.1) is 0 Å². The molecular weight excluding hydrogens is 338 g/mol. The maximum absolute atomic E-state index is 12.7. The van der Waals surface area contributed by atoms with E-state index in [0.717, 1.165) is 11.1 Å². The number of nitrogens with one attached hydrogen (secondary N) is 1. The zero-order chi connectivity index (χ0) is 17.9. The summed E-state index contributed by atoms with van der Waals surface area (Å²) in [6, 6.07) is 12.7. The van der Waals surface area contributed by atoms with E-state index in [1.54, 1.807) is 24.3 Å². The first-order valence-electron chi connectivity index (χ1n) is 8.21. The van der Waals surface area contributed by atoms with E-state index in [2.05, 4.69) is 4.72 Å². The molecular formula is C19H21NO4S. The number of anilines is 1. The molecule has 132 valence electrons. The van der Waals surface area contributed by atoms with Gasteiger partial charge in [0.05, 0.1) is 18.1 Å². The van der Waals surface area contributed by atoms with Gasteiger partial charge in [-0.05, 0) is 55.2 Å². The smallest absolute Gasteiger partial charge is 0.258 e. The third-order valence-electron chi connectivity index (χ3n) is 4.14. The summed E-state index contributed by atoms with van der Waals surface area (Å²) in [6.45, 7) is 2.11. The van der Waals surface area contributed by atoms with Crippen LogP contribution in [-0.4, -0.2) is 20.1 Å². The van der Waals surface area contributed by atoms with Crippen LogP contribution in [0.25, 0.3) is 6.08 Å². The molecule has 0 fully saturated rings. The number of aliphatic hydroxyl groups is 1. The monoisotopic (exact) mass is 359 g/mol. The number of hydrogen-bond acceptors (Lipinski definition) is 4. The molecule has 25 heavy (non-hydrogen) atoms. The highest BCUT2D eigenvalue weighted by Gasteiger charge is 2.22. The van der Waals surface area contributed by atoms with Gasteiger partial charge in [-0.25, -0.2) is 8.42 Å². The van der Waals surface area contributed by atoms with Crippen LogP contribution in [0.1, 0.15) is 30.0 Å². The van der Waals surface area contributed by atoms with Gasteiger partial charge in [0.15, 0.2) is 0 Å². The minimum Gasteiger partial charge on any atom is -0.494 e. The van der Waals surface area contributed by atoms with Gasteiger partial charge in [-0.2, -0.15) is 0 Å². The summed E-state index contributed by atoms with van der Waals surface area (Å²) in [5.74, 6) is 0.554. The fourth-order valence-electron chi connectivity index (χ4n) is 2.90. The van der Waals surface area contributed by atoms with Crippen LogP contribution in [0, 0.1) is 0 Å². The first-order chi connectivity index (χ1) is 12.0. The topological polar surface area (TPSA) is 75.6 Å².